The van der Waals surface area contributed by atoms with Crippen LogP contribution >= 0.6 is 11.3 Å². The number of benzene rings is 1. The molecule has 1 aliphatic rings. The van der Waals surface area contributed by atoms with E-state index in [1.165, 1.54) is 28.7 Å². The minimum absolute atomic E-state index is 0.0283. The number of ether oxygens (including phenoxy) is 2. The predicted molar refractivity (Wildman–Crippen MR) is 117 cm³/mol. The maximum absolute atomic E-state index is 13.2. The fourth-order valence-corrected chi connectivity index (χ4v) is 4.88. The van der Waals surface area contributed by atoms with Gasteiger partial charge in [-0.1, -0.05) is 25.3 Å². The molecule has 0 bridgehead atoms. The Kier molecular flexibility index (Phi) is 6.03. The minimum Gasteiger partial charge on any atom is -0.493 e. The second-order valence-corrected chi connectivity index (χ2v) is 8.34. The Balaban J connectivity index is 1.64. The third kappa shape index (κ3) is 4.05. The number of carbonyl (C=O) groups is 1. The van der Waals surface area contributed by atoms with Crippen LogP contribution in [0.15, 0.2) is 34.7 Å². The van der Waals surface area contributed by atoms with Crippen molar-refractivity contribution >= 4 is 27.5 Å². The number of methoxy groups -OCH3 is 2. The molecule has 8 heteroatoms. The molecule has 1 fully saturated rings. The van der Waals surface area contributed by atoms with Crippen LogP contribution in [0.3, 0.4) is 0 Å². The van der Waals surface area contributed by atoms with Crippen molar-refractivity contribution in [1.82, 2.24) is 14.9 Å². The smallest absolute Gasteiger partial charge is 0.263 e. The van der Waals surface area contributed by atoms with E-state index in [2.05, 4.69) is 10.3 Å². The fraction of sp³-hybridized carbons (Fsp3) is 0.409. The first kappa shape index (κ1) is 20.4. The molecule has 4 rings (SSSR count). The van der Waals surface area contributed by atoms with Crippen molar-refractivity contribution in [3.63, 3.8) is 0 Å². The summed E-state index contributed by atoms with van der Waals surface area (Å²) >= 11 is 1.41. The maximum atomic E-state index is 13.2. The zero-order valence-electron chi connectivity index (χ0n) is 17.1. The van der Waals surface area contributed by atoms with Crippen LogP contribution in [-0.2, 0) is 11.3 Å². The van der Waals surface area contributed by atoms with Crippen molar-refractivity contribution in [1.29, 1.82) is 0 Å². The summed E-state index contributed by atoms with van der Waals surface area (Å²) in [5, 5.41) is 5.48. The van der Waals surface area contributed by atoms with Gasteiger partial charge in [-0.2, -0.15) is 0 Å². The predicted octanol–water partition coefficient (Wildman–Crippen LogP) is 3.59. The van der Waals surface area contributed by atoms with E-state index in [9.17, 15) is 9.59 Å². The highest BCUT2D eigenvalue weighted by Gasteiger charge is 2.18. The molecule has 7 nitrogen and oxygen atoms in total. The summed E-state index contributed by atoms with van der Waals surface area (Å²) in [6.45, 7) is -0.0283. The van der Waals surface area contributed by atoms with Crippen LogP contribution in [0.25, 0.3) is 21.3 Å². The van der Waals surface area contributed by atoms with Crippen molar-refractivity contribution in [3.8, 4) is 22.6 Å². The monoisotopic (exact) mass is 427 g/mol. The molecule has 0 spiro atoms. The lowest BCUT2D eigenvalue weighted by atomic mass is 9.95. The summed E-state index contributed by atoms with van der Waals surface area (Å²) in [6.07, 6.45) is 6.98. The lowest BCUT2D eigenvalue weighted by molar-refractivity contribution is -0.122. The van der Waals surface area contributed by atoms with Crippen molar-refractivity contribution in [2.75, 3.05) is 14.2 Å². The number of aromatic nitrogens is 2. The van der Waals surface area contributed by atoms with E-state index >= 15 is 0 Å². The van der Waals surface area contributed by atoms with Gasteiger partial charge in [0.25, 0.3) is 5.56 Å². The molecule has 0 radical (unpaired) electrons. The Morgan fingerprint density at radius 3 is 2.70 bits per heavy atom. The normalized spacial score (nSPS) is 14.6. The highest BCUT2D eigenvalue weighted by Crippen LogP contribution is 2.36. The summed E-state index contributed by atoms with van der Waals surface area (Å²) in [5.74, 6) is 1.06. The van der Waals surface area contributed by atoms with Crippen molar-refractivity contribution in [2.24, 2.45) is 0 Å². The standard InChI is InChI=1S/C22H25N3O4S/c1-28-17-9-8-14(10-18(17)29-2)16-12-30-21-20(16)22(27)25(13-23-21)11-19(26)24-15-6-4-3-5-7-15/h8-10,12-13,15H,3-7,11H2,1-2H3,(H,24,26). The van der Waals surface area contributed by atoms with Gasteiger partial charge in [0.05, 0.1) is 25.9 Å². The number of hydrogen-bond donors (Lipinski definition) is 1. The van der Waals surface area contributed by atoms with Gasteiger partial charge in [-0.15, -0.1) is 11.3 Å². The van der Waals surface area contributed by atoms with E-state index in [0.717, 1.165) is 36.8 Å². The highest BCUT2D eigenvalue weighted by molar-refractivity contribution is 7.17. The SMILES string of the molecule is COc1ccc(-c2csc3ncn(CC(=O)NC4CCCCC4)c(=O)c23)cc1OC. The third-order valence-corrected chi connectivity index (χ3v) is 6.43. The molecule has 0 aliphatic heterocycles. The van der Waals surface area contributed by atoms with E-state index in [1.54, 1.807) is 14.2 Å². The van der Waals surface area contributed by atoms with Crippen LogP contribution in [0, 0.1) is 0 Å². The molecule has 1 aliphatic carbocycles. The Labute approximate surface area is 178 Å². The Morgan fingerprint density at radius 2 is 1.97 bits per heavy atom. The molecule has 1 saturated carbocycles. The summed E-state index contributed by atoms with van der Waals surface area (Å²) in [7, 11) is 3.16. The molecule has 2 heterocycles. The number of carbonyl (C=O) groups excluding carboxylic acids is 1. The molecular formula is C22H25N3O4S. The van der Waals surface area contributed by atoms with Gasteiger partial charge in [0.1, 0.15) is 11.4 Å². The number of nitrogens with zero attached hydrogens (tertiary/aromatic N) is 2. The second kappa shape index (κ2) is 8.87. The maximum Gasteiger partial charge on any atom is 0.263 e. The molecule has 3 aromatic rings. The summed E-state index contributed by atoms with van der Waals surface area (Å²) in [6, 6.07) is 5.74. The first-order chi connectivity index (χ1) is 14.6. The van der Waals surface area contributed by atoms with Crippen LogP contribution in [0.4, 0.5) is 0 Å². The van der Waals surface area contributed by atoms with Crippen LogP contribution in [0.5, 0.6) is 11.5 Å². The average Bonchev–Trinajstić information content (AvgIpc) is 3.21. The van der Waals surface area contributed by atoms with Crippen LogP contribution in [0.2, 0.25) is 0 Å². The van der Waals surface area contributed by atoms with E-state index in [0.29, 0.717) is 21.7 Å². The topological polar surface area (TPSA) is 82.5 Å². The molecular weight excluding hydrogens is 402 g/mol. The van der Waals surface area contributed by atoms with E-state index in [4.69, 9.17) is 9.47 Å². The molecule has 1 amide bonds. The van der Waals surface area contributed by atoms with Crippen LogP contribution in [0.1, 0.15) is 32.1 Å². The number of hydrogen-bond acceptors (Lipinski definition) is 6. The van der Waals surface area contributed by atoms with E-state index in [-0.39, 0.29) is 24.1 Å². The molecule has 0 saturated heterocycles. The third-order valence-electron chi connectivity index (χ3n) is 5.54. The quantitative estimate of drug-likeness (QED) is 0.650. The van der Waals surface area contributed by atoms with Crippen molar-refractivity contribution < 1.29 is 14.3 Å². The number of fused-ring (bicyclic) bond motifs is 1. The molecule has 30 heavy (non-hydrogen) atoms. The Morgan fingerprint density at radius 1 is 1.20 bits per heavy atom. The molecule has 158 valence electrons. The lowest BCUT2D eigenvalue weighted by Crippen LogP contribution is -2.39. The average molecular weight is 428 g/mol. The zero-order valence-corrected chi connectivity index (χ0v) is 18.0. The molecule has 1 N–H and O–H groups in total. The molecule has 1 aromatic carbocycles. The Bertz CT molecular complexity index is 1120. The van der Waals surface area contributed by atoms with Gasteiger partial charge in [0.15, 0.2) is 11.5 Å². The van der Waals surface area contributed by atoms with Crippen molar-refractivity contribution in [2.45, 2.75) is 44.7 Å². The van der Waals surface area contributed by atoms with Gasteiger partial charge in [-0.05, 0) is 30.5 Å². The largest absolute Gasteiger partial charge is 0.493 e. The molecule has 0 unspecified atom stereocenters. The van der Waals surface area contributed by atoms with E-state index in [1.807, 2.05) is 23.6 Å². The number of rotatable bonds is 6. The van der Waals surface area contributed by atoms with Gasteiger partial charge in [0.2, 0.25) is 5.91 Å². The van der Waals surface area contributed by atoms with Crippen LogP contribution < -0.4 is 20.3 Å². The van der Waals surface area contributed by atoms with Gasteiger partial charge in [0, 0.05) is 17.0 Å². The second-order valence-electron chi connectivity index (χ2n) is 7.48. The number of amides is 1. The fourth-order valence-electron chi connectivity index (χ4n) is 3.97. The van der Waals surface area contributed by atoms with Crippen molar-refractivity contribution in [3.05, 3.63) is 40.3 Å². The Hall–Kier alpha value is -2.87. The first-order valence-electron chi connectivity index (χ1n) is 10.1. The summed E-state index contributed by atoms with van der Waals surface area (Å²) in [4.78, 5) is 30.7. The first-order valence-corrected chi connectivity index (χ1v) is 11.0. The zero-order chi connectivity index (χ0) is 21.1. The van der Waals surface area contributed by atoms with Crippen LogP contribution in [-0.4, -0.2) is 35.7 Å². The molecule has 2 aromatic heterocycles. The lowest BCUT2D eigenvalue weighted by Gasteiger charge is -2.22. The number of thiophene rings is 1. The molecule has 0 atom stereocenters. The number of nitrogens with one attached hydrogen (secondary N) is 1. The summed E-state index contributed by atoms with van der Waals surface area (Å²) < 4.78 is 12.1. The summed E-state index contributed by atoms with van der Waals surface area (Å²) in [5.41, 5.74) is 1.39. The van der Waals surface area contributed by atoms with Gasteiger partial charge < -0.3 is 14.8 Å². The van der Waals surface area contributed by atoms with Gasteiger partial charge >= 0.3 is 0 Å². The van der Waals surface area contributed by atoms with E-state index < -0.39 is 0 Å². The van der Waals surface area contributed by atoms with Gasteiger partial charge in [-0.3, -0.25) is 14.2 Å². The van der Waals surface area contributed by atoms with Gasteiger partial charge in [-0.25, -0.2) is 4.98 Å². The minimum atomic E-state index is -0.218. The highest BCUT2D eigenvalue weighted by atomic mass is 32.1.